The number of hydrogen-bond acceptors (Lipinski definition) is 2. The fourth-order valence-corrected chi connectivity index (χ4v) is 0.937. The molecule has 1 aliphatic heterocycles. The molecule has 0 amide bonds. The van der Waals surface area contributed by atoms with Gasteiger partial charge in [-0.15, -0.1) is 0 Å². The summed E-state index contributed by atoms with van der Waals surface area (Å²) in [4.78, 5) is 7.19. The van der Waals surface area contributed by atoms with Crippen LogP contribution in [0.15, 0.2) is 9.98 Å². The maximum Gasteiger partial charge on any atom is 0.241 e. The molecule has 1 heterocycles. The predicted octanol–water partition coefficient (Wildman–Crippen LogP) is 0.202. The molecule has 0 fully saturated rings. The highest BCUT2D eigenvalue weighted by Crippen LogP contribution is 2.04. The van der Waals surface area contributed by atoms with Crippen LogP contribution in [-0.2, 0) is 0 Å². The van der Waals surface area contributed by atoms with E-state index < -0.39 is 0 Å². The molecule has 0 radical (unpaired) electrons. The van der Waals surface area contributed by atoms with Crippen molar-refractivity contribution in [1.29, 1.82) is 5.41 Å². The lowest BCUT2D eigenvalue weighted by Gasteiger charge is -2.08. The summed E-state index contributed by atoms with van der Waals surface area (Å²) in [5.74, 6) is -0.0558. The first-order valence-electron chi connectivity index (χ1n) is 2.69. The number of aliphatic imine (C=N–C) groups is 2. The van der Waals surface area contributed by atoms with Crippen molar-refractivity contribution >= 4 is 33.8 Å². The molecule has 0 aromatic heterocycles. The van der Waals surface area contributed by atoms with Crippen molar-refractivity contribution in [2.75, 3.05) is 6.61 Å². The van der Waals surface area contributed by atoms with E-state index in [-0.39, 0.29) is 17.4 Å². The average molecular weight is 204 g/mol. The van der Waals surface area contributed by atoms with Gasteiger partial charge in [0.25, 0.3) is 0 Å². The van der Waals surface area contributed by atoms with Gasteiger partial charge in [-0.1, -0.05) is 15.9 Å². The van der Waals surface area contributed by atoms with Gasteiger partial charge in [0.05, 0.1) is 17.1 Å². The minimum absolute atomic E-state index is 0.0558. The molecule has 0 aromatic carbocycles. The highest BCUT2D eigenvalue weighted by Gasteiger charge is 2.13. The summed E-state index contributed by atoms with van der Waals surface area (Å²) in [5.41, 5.74) is 0.528. The molecular formula is C5H6BrN3O. The molecule has 4 nitrogen and oxygen atoms in total. The zero-order valence-corrected chi connectivity index (χ0v) is 6.67. The number of aliphatic hydroxyl groups excluding tert-OH is 1. The topological polar surface area (TPSA) is 68.8 Å². The zero-order chi connectivity index (χ0) is 7.56. The minimum atomic E-state index is -0.135. The van der Waals surface area contributed by atoms with Gasteiger partial charge in [-0.3, -0.25) is 5.41 Å². The van der Waals surface area contributed by atoms with Gasteiger partial charge in [-0.05, 0) is 0 Å². The fourth-order valence-electron chi connectivity index (χ4n) is 0.571. The van der Waals surface area contributed by atoms with Crippen molar-refractivity contribution in [2.45, 2.75) is 4.83 Å². The number of alkyl halides is 1. The molecule has 54 valence electrons. The van der Waals surface area contributed by atoms with Crippen LogP contribution in [0.5, 0.6) is 0 Å². The first kappa shape index (κ1) is 7.56. The smallest absolute Gasteiger partial charge is 0.241 e. The van der Waals surface area contributed by atoms with Crippen LogP contribution in [0.25, 0.3) is 0 Å². The Morgan fingerprint density at radius 2 is 2.50 bits per heavy atom. The van der Waals surface area contributed by atoms with Crippen LogP contribution in [0.2, 0.25) is 0 Å². The third-order valence-electron chi connectivity index (χ3n) is 1.06. The summed E-state index contributed by atoms with van der Waals surface area (Å²) in [5, 5.41) is 15.7. The van der Waals surface area contributed by atoms with Crippen LogP contribution < -0.4 is 0 Å². The van der Waals surface area contributed by atoms with Crippen molar-refractivity contribution in [2.24, 2.45) is 9.98 Å². The number of guanidine groups is 1. The van der Waals surface area contributed by atoms with Crippen LogP contribution in [0.3, 0.4) is 0 Å². The standard InChI is InChI=1S/C5H6BrN3O/c6-3-1-8-5(7)9-4(3)2-10/h1,3,7,10H,2H2. The predicted molar refractivity (Wildman–Crippen MR) is 43.5 cm³/mol. The van der Waals surface area contributed by atoms with Crippen molar-refractivity contribution in [3.63, 3.8) is 0 Å². The van der Waals surface area contributed by atoms with E-state index in [0.717, 1.165) is 0 Å². The van der Waals surface area contributed by atoms with Crippen LogP contribution in [0.1, 0.15) is 0 Å². The largest absolute Gasteiger partial charge is 0.390 e. The molecule has 1 aliphatic rings. The minimum Gasteiger partial charge on any atom is -0.390 e. The third-order valence-corrected chi connectivity index (χ3v) is 1.82. The number of aliphatic hydroxyl groups is 1. The molecule has 0 saturated carbocycles. The first-order chi connectivity index (χ1) is 4.74. The van der Waals surface area contributed by atoms with Gasteiger partial charge in [0.2, 0.25) is 5.96 Å². The SMILES string of the molecule is N=C1N=CC(Br)C(CO)=N1. The maximum absolute atomic E-state index is 8.66. The lowest BCUT2D eigenvalue weighted by molar-refractivity contribution is 0.356. The molecule has 0 bridgehead atoms. The monoisotopic (exact) mass is 203 g/mol. The molecular weight excluding hydrogens is 198 g/mol. The van der Waals surface area contributed by atoms with Gasteiger partial charge in [-0.25, -0.2) is 9.98 Å². The highest BCUT2D eigenvalue weighted by molar-refractivity contribution is 9.10. The van der Waals surface area contributed by atoms with E-state index in [1.54, 1.807) is 0 Å². The Balaban J connectivity index is 2.78. The molecule has 0 aliphatic carbocycles. The van der Waals surface area contributed by atoms with Gasteiger partial charge >= 0.3 is 0 Å². The number of nitrogens with zero attached hydrogens (tertiary/aromatic N) is 2. The van der Waals surface area contributed by atoms with E-state index in [1.165, 1.54) is 6.21 Å². The van der Waals surface area contributed by atoms with Crippen LogP contribution in [-0.4, -0.2) is 34.4 Å². The maximum atomic E-state index is 8.66. The lowest BCUT2D eigenvalue weighted by atomic mass is 10.3. The van der Waals surface area contributed by atoms with E-state index in [4.69, 9.17) is 10.5 Å². The number of nitrogens with one attached hydrogen (secondary N) is 1. The molecule has 1 atom stereocenters. The van der Waals surface area contributed by atoms with E-state index in [1.807, 2.05) is 0 Å². The van der Waals surface area contributed by atoms with Crippen LogP contribution in [0, 0.1) is 5.41 Å². The zero-order valence-electron chi connectivity index (χ0n) is 5.08. The van der Waals surface area contributed by atoms with E-state index in [9.17, 15) is 0 Å². The Morgan fingerprint density at radius 3 is 3.00 bits per heavy atom. The van der Waals surface area contributed by atoms with Gasteiger partial charge < -0.3 is 5.11 Å². The van der Waals surface area contributed by atoms with Gasteiger partial charge in [0, 0.05) is 6.21 Å². The fraction of sp³-hybridized carbons (Fsp3) is 0.400. The Morgan fingerprint density at radius 1 is 1.80 bits per heavy atom. The second-order valence-electron chi connectivity index (χ2n) is 1.76. The van der Waals surface area contributed by atoms with E-state index in [2.05, 4.69) is 25.9 Å². The number of hydrogen-bond donors (Lipinski definition) is 2. The quantitative estimate of drug-likeness (QED) is 0.588. The molecule has 0 spiro atoms. The Kier molecular flexibility index (Phi) is 2.29. The second kappa shape index (κ2) is 3.03. The van der Waals surface area contributed by atoms with Gasteiger partial charge in [0.15, 0.2) is 0 Å². The average Bonchev–Trinajstić information content (AvgIpc) is 1.94. The summed E-state index contributed by atoms with van der Waals surface area (Å²) >= 11 is 3.21. The molecule has 10 heavy (non-hydrogen) atoms. The van der Waals surface area contributed by atoms with Crippen LogP contribution >= 0.6 is 15.9 Å². The Hall–Kier alpha value is -0.550. The highest BCUT2D eigenvalue weighted by atomic mass is 79.9. The molecule has 0 saturated heterocycles. The summed E-state index contributed by atoms with van der Waals surface area (Å²) in [6.07, 6.45) is 1.53. The van der Waals surface area contributed by atoms with Crippen molar-refractivity contribution in [1.82, 2.24) is 0 Å². The first-order valence-corrected chi connectivity index (χ1v) is 3.60. The normalized spacial score (nSPS) is 24.8. The summed E-state index contributed by atoms with van der Waals surface area (Å²) in [7, 11) is 0. The van der Waals surface area contributed by atoms with Crippen molar-refractivity contribution in [3.05, 3.63) is 0 Å². The van der Waals surface area contributed by atoms with Gasteiger partial charge in [0.1, 0.15) is 0 Å². The van der Waals surface area contributed by atoms with E-state index >= 15 is 0 Å². The van der Waals surface area contributed by atoms with Crippen molar-refractivity contribution < 1.29 is 5.11 Å². The number of rotatable bonds is 1. The van der Waals surface area contributed by atoms with E-state index in [0.29, 0.717) is 5.71 Å². The number of halogens is 1. The third kappa shape index (κ3) is 1.48. The molecule has 5 heteroatoms. The Bertz CT molecular complexity index is 211. The summed E-state index contributed by atoms with van der Waals surface area (Å²) in [6.45, 7) is -0.135. The Labute approximate surface area is 66.3 Å². The van der Waals surface area contributed by atoms with Gasteiger partial charge in [-0.2, -0.15) is 0 Å². The summed E-state index contributed by atoms with van der Waals surface area (Å²) < 4.78 is 0. The van der Waals surface area contributed by atoms with Crippen LogP contribution in [0.4, 0.5) is 0 Å². The molecule has 0 aromatic rings. The van der Waals surface area contributed by atoms with Crippen molar-refractivity contribution in [3.8, 4) is 0 Å². The lowest BCUT2D eigenvalue weighted by Crippen LogP contribution is -2.24. The molecule has 1 rings (SSSR count). The molecule has 1 unspecified atom stereocenters. The second-order valence-corrected chi connectivity index (χ2v) is 2.75. The molecule has 2 N–H and O–H groups in total. The summed E-state index contributed by atoms with van der Waals surface area (Å²) in [6, 6.07) is 0.